The topological polar surface area (TPSA) is 53.4 Å². The lowest BCUT2D eigenvalue weighted by Crippen LogP contribution is -2.43. The Morgan fingerprint density at radius 2 is 2.14 bits per heavy atom. The number of fused-ring (bicyclic) bond motifs is 3. The second-order valence-electron chi connectivity index (χ2n) is 8.69. The summed E-state index contributed by atoms with van der Waals surface area (Å²) in [5.41, 5.74) is 3.00. The molecule has 0 radical (unpaired) electrons. The van der Waals surface area contributed by atoms with Gasteiger partial charge in [0.15, 0.2) is 0 Å². The number of nitrogens with one attached hydrogen (secondary N) is 1. The van der Waals surface area contributed by atoms with E-state index in [1.165, 1.54) is 24.9 Å². The van der Waals surface area contributed by atoms with Crippen molar-refractivity contribution < 1.29 is 4.79 Å². The van der Waals surface area contributed by atoms with E-state index in [9.17, 15) is 4.79 Å². The third-order valence-electron chi connectivity index (χ3n) is 6.08. The fraction of sp³-hybridized carbons (Fsp3) is 0.636. The number of amides is 1. The molecule has 28 heavy (non-hydrogen) atoms. The molecule has 2 aromatic rings. The number of aromatic nitrogens is 2. The van der Waals surface area contributed by atoms with Gasteiger partial charge in [-0.05, 0) is 50.0 Å². The Balaban J connectivity index is 1.46. The zero-order valence-electron chi connectivity index (χ0n) is 17.4. The van der Waals surface area contributed by atoms with Gasteiger partial charge in [0.1, 0.15) is 5.82 Å². The fourth-order valence-corrected chi connectivity index (χ4v) is 4.70. The van der Waals surface area contributed by atoms with Crippen LogP contribution in [-0.4, -0.2) is 57.5 Å². The Hall–Kier alpha value is -1.92. The predicted molar refractivity (Wildman–Crippen MR) is 113 cm³/mol. The van der Waals surface area contributed by atoms with E-state index >= 15 is 0 Å². The van der Waals surface area contributed by atoms with Crippen molar-refractivity contribution in [2.45, 2.75) is 59.2 Å². The molecule has 0 unspecified atom stereocenters. The number of imidazole rings is 1. The summed E-state index contributed by atoms with van der Waals surface area (Å²) in [5, 5.41) is 3.01. The maximum Gasteiger partial charge on any atom is 0.224 e. The lowest BCUT2D eigenvalue weighted by molar-refractivity contribution is -0.116. The van der Waals surface area contributed by atoms with E-state index in [0.29, 0.717) is 18.4 Å². The Kier molecular flexibility index (Phi) is 5.69. The van der Waals surface area contributed by atoms with Crippen LogP contribution in [0.15, 0.2) is 18.2 Å². The molecule has 2 aliphatic rings. The summed E-state index contributed by atoms with van der Waals surface area (Å²) < 4.78 is 2.35. The highest BCUT2D eigenvalue weighted by molar-refractivity contribution is 5.93. The number of nitrogens with zero attached hydrogens (tertiary/aromatic N) is 4. The number of benzene rings is 1. The number of carbonyl (C=O) groups excluding carboxylic acids is 1. The van der Waals surface area contributed by atoms with Gasteiger partial charge in [-0.25, -0.2) is 4.98 Å². The van der Waals surface area contributed by atoms with Crippen LogP contribution in [0.2, 0.25) is 0 Å². The van der Waals surface area contributed by atoms with Crippen molar-refractivity contribution in [2.24, 2.45) is 5.92 Å². The monoisotopic (exact) mass is 383 g/mol. The number of hydrogen-bond donors (Lipinski definition) is 1. The van der Waals surface area contributed by atoms with E-state index < -0.39 is 0 Å². The Morgan fingerprint density at radius 1 is 1.29 bits per heavy atom. The molecule has 1 fully saturated rings. The van der Waals surface area contributed by atoms with Gasteiger partial charge in [0.05, 0.1) is 17.6 Å². The minimum atomic E-state index is 0.0709. The maximum absolute atomic E-state index is 12.1. The number of likely N-dealkylation sites (N-methyl/N-ethyl adjacent to an activating group) is 1. The fourth-order valence-electron chi connectivity index (χ4n) is 4.70. The molecule has 1 aromatic carbocycles. The molecular weight excluding hydrogens is 350 g/mol. The summed E-state index contributed by atoms with van der Waals surface area (Å²) in [4.78, 5) is 22.1. The molecule has 2 aliphatic heterocycles. The van der Waals surface area contributed by atoms with E-state index in [1.807, 2.05) is 12.1 Å². The van der Waals surface area contributed by atoms with Crippen molar-refractivity contribution in [3.63, 3.8) is 0 Å². The summed E-state index contributed by atoms with van der Waals surface area (Å²) in [6, 6.07) is 6.81. The lowest BCUT2D eigenvalue weighted by Gasteiger charge is -2.33. The largest absolute Gasteiger partial charge is 0.326 e. The van der Waals surface area contributed by atoms with Gasteiger partial charge in [-0.1, -0.05) is 20.8 Å². The van der Waals surface area contributed by atoms with Crippen LogP contribution in [0.5, 0.6) is 0 Å². The van der Waals surface area contributed by atoms with Gasteiger partial charge < -0.3 is 9.88 Å². The first-order valence-corrected chi connectivity index (χ1v) is 10.8. The standard InChI is InChI=1S/C22H33N5O/c1-4-26-9-5-6-18(26)14-25-10-11-27-20-8-7-17(23-22(28)12-16(2)3)13-19(20)24-21(27)15-25/h7-8,13,16,18H,4-6,9-12,14-15H2,1-3H3,(H,23,28)/t18-/m1/s1. The van der Waals surface area contributed by atoms with Crippen molar-refractivity contribution in [1.82, 2.24) is 19.4 Å². The number of carbonyl (C=O) groups is 1. The van der Waals surface area contributed by atoms with Crippen molar-refractivity contribution in [3.8, 4) is 0 Å². The number of rotatable bonds is 6. The van der Waals surface area contributed by atoms with Crippen LogP contribution in [0.25, 0.3) is 11.0 Å². The molecule has 6 heteroatoms. The van der Waals surface area contributed by atoms with Gasteiger partial charge in [0.2, 0.25) is 5.91 Å². The Morgan fingerprint density at radius 3 is 2.93 bits per heavy atom. The van der Waals surface area contributed by atoms with Gasteiger partial charge in [-0.2, -0.15) is 0 Å². The van der Waals surface area contributed by atoms with Crippen molar-refractivity contribution in [1.29, 1.82) is 0 Å². The smallest absolute Gasteiger partial charge is 0.224 e. The highest BCUT2D eigenvalue weighted by Crippen LogP contribution is 2.25. The minimum Gasteiger partial charge on any atom is -0.326 e. The first-order valence-electron chi connectivity index (χ1n) is 10.8. The first-order chi connectivity index (χ1) is 13.5. The molecule has 0 saturated carbocycles. The van der Waals surface area contributed by atoms with Gasteiger partial charge in [0, 0.05) is 37.8 Å². The predicted octanol–water partition coefficient (Wildman–Crippen LogP) is 3.32. The molecular formula is C22H33N5O. The van der Waals surface area contributed by atoms with Gasteiger partial charge in [-0.15, -0.1) is 0 Å². The highest BCUT2D eigenvalue weighted by atomic mass is 16.1. The molecule has 0 bridgehead atoms. The molecule has 0 spiro atoms. The Labute approximate surface area is 167 Å². The van der Waals surface area contributed by atoms with Gasteiger partial charge >= 0.3 is 0 Å². The quantitative estimate of drug-likeness (QED) is 0.831. The lowest BCUT2D eigenvalue weighted by atomic mass is 10.1. The van der Waals surface area contributed by atoms with Crippen LogP contribution < -0.4 is 5.32 Å². The van der Waals surface area contributed by atoms with E-state index in [4.69, 9.17) is 4.98 Å². The van der Waals surface area contributed by atoms with Crippen LogP contribution in [0.4, 0.5) is 5.69 Å². The average molecular weight is 384 g/mol. The molecule has 3 heterocycles. The number of likely N-dealkylation sites (tertiary alicyclic amines) is 1. The summed E-state index contributed by atoms with van der Waals surface area (Å²) in [6.45, 7) is 12.9. The van der Waals surface area contributed by atoms with Crippen molar-refractivity contribution in [3.05, 3.63) is 24.0 Å². The average Bonchev–Trinajstić information content (AvgIpc) is 3.23. The molecule has 1 saturated heterocycles. The van der Waals surface area contributed by atoms with E-state index in [1.54, 1.807) is 0 Å². The maximum atomic E-state index is 12.1. The molecule has 0 aliphatic carbocycles. The summed E-state index contributed by atoms with van der Waals surface area (Å²) in [5.74, 6) is 1.58. The third-order valence-corrected chi connectivity index (χ3v) is 6.08. The normalized spacial score (nSPS) is 20.8. The zero-order valence-corrected chi connectivity index (χ0v) is 17.4. The summed E-state index contributed by atoms with van der Waals surface area (Å²) in [6.07, 6.45) is 3.19. The second-order valence-corrected chi connectivity index (χ2v) is 8.69. The second kappa shape index (κ2) is 8.21. The third kappa shape index (κ3) is 4.08. The Bertz CT molecular complexity index is 843. The summed E-state index contributed by atoms with van der Waals surface area (Å²) in [7, 11) is 0. The minimum absolute atomic E-state index is 0.0709. The molecule has 1 aromatic heterocycles. The summed E-state index contributed by atoms with van der Waals surface area (Å²) >= 11 is 0. The van der Waals surface area contributed by atoms with Crippen molar-refractivity contribution >= 4 is 22.6 Å². The van der Waals surface area contributed by atoms with Crippen LogP contribution in [0.1, 0.15) is 45.9 Å². The van der Waals surface area contributed by atoms with E-state index in [2.05, 4.69) is 46.5 Å². The van der Waals surface area contributed by atoms with Crippen LogP contribution in [0, 0.1) is 5.92 Å². The van der Waals surface area contributed by atoms with Gasteiger partial charge in [-0.3, -0.25) is 14.6 Å². The highest BCUT2D eigenvalue weighted by Gasteiger charge is 2.27. The van der Waals surface area contributed by atoms with Crippen LogP contribution >= 0.6 is 0 Å². The van der Waals surface area contributed by atoms with Crippen LogP contribution in [0.3, 0.4) is 0 Å². The zero-order chi connectivity index (χ0) is 19.7. The molecule has 1 N–H and O–H groups in total. The van der Waals surface area contributed by atoms with E-state index in [-0.39, 0.29) is 5.91 Å². The molecule has 4 rings (SSSR count). The first kappa shape index (κ1) is 19.4. The molecule has 6 nitrogen and oxygen atoms in total. The van der Waals surface area contributed by atoms with E-state index in [0.717, 1.165) is 49.8 Å². The number of hydrogen-bond acceptors (Lipinski definition) is 4. The molecule has 152 valence electrons. The van der Waals surface area contributed by atoms with Crippen molar-refractivity contribution in [2.75, 3.05) is 31.5 Å². The SMILES string of the molecule is CCN1CCC[C@@H]1CN1CCn2c(nc3cc(NC(=O)CC(C)C)ccc32)C1. The van der Waals surface area contributed by atoms with Crippen LogP contribution in [-0.2, 0) is 17.9 Å². The molecule has 1 amide bonds. The van der Waals surface area contributed by atoms with Gasteiger partial charge in [0.25, 0.3) is 0 Å². The molecule has 1 atom stereocenters. The number of anilines is 1.